The Hall–Kier alpha value is -0.570. The SMILES string of the molecule is O=C(CCC1CCCO1)NC1CCCCC1. The van der Waals surface area contributed by atoms with Crippen LogP contribution in [0.5, 0.6) is 0 Å². The fraction of sp³-hybridized carbons (Fsp3) is 0.923. The van der Waals surface area contributed by atoms with E-state index in [0.29, 0.717) is 18.6 Å². The third-order valence-electron chi connectivity index (χ3n) is 3.69. The highest BCUT2D eigenvalue weighted by molar-refractivity contribution is 5.76. The minimum Gasteiger partial charge on any atom is -0.378 e. The second-order valence-electron chi connectivity index (χ2n) is 5.08. The molecule has 1 atom stereocenters. The second-order valence-corrected chi connectivity index (χ2v) is 5.08. The fourth-order valence-corrected chi connectivity index (χ4v) is 2.71. The molecule has 0 aromatic heterocycles. The summed E-state index contributed by atoms with van der Waals surface area (Å²) in [6.45, 7) is 0.884. The molecule has 2 rings (SSSR count). The molecule has 1 aliphatic carbocycles. The Bertz CT molecular complexity index is 218. The summed E-state index contributed by atoms with van der Waals surface area (Å²) < 4.78 is 5.51. The molecule has 1 amide bonds. The van der Waals surface area contributed by atoms with Gasteiger partial charge >= 0.3 is 0 Å². The number of amides is 1. The van der Waals surface area contributed by atoms with Crippen LogP contribution < -0.4 is 5.32 Å². The van der Waals surface area contributed by atoms with Gasteiger partial charge in [0.1, 0.15) is 0 Å². The van der Waals surface area contributed by atoms with Crippen LogP contribution in [0.4, 0.5) is 0 Å². The highest BCUT2D eigenvalue weighted by Crippen LogP contribution is 2.19. The molecule has 1 unspecified atom stereocenters. The summed E-state index contributed by atoms with van der Waals surface area (Å²) in [5, 5.41) is 3.15. The van der Waals surface area contributed by atoms with Crippen LogP contribution in [-0.2, 0) is 9.53 Å². The number of rotatable bonds is 4. The Morgan fingerprint density at radius 3 is 2.62 bits per heavy atom. The van der Waals surface area contributed by atoms with Crippen molar-refractivity contribution in [1.29, 1.82) is 0 Å². The summed E-state index contributed by atoms with van der Waals surface area (Å²) in [6.07, 6.45) is 10.4. The fourth-order valence-electron chi connectivity index (χ4n) is 2.71. The van der Waals surface area contributed by atoms with Crippen LogP contribution in [-0.4, -0.2) is 24.7 Å². The van der Waals surface area contributed by atoms with E-state index in [1.54, 1.807) is 0 Å². The standard InChI is InChI=1S/C13H23NO2/c15-13(9-8-12-7-4-10-16-12)14-11-5-2-1-3-6-11/h11-12H,1-10H2,(H,14,15). The first kappa shape index (κ1) is 11.9. The van der Waals surface area contributed by atoms with Crippen LogP contribution in [0.15, 0.2) is 0 Å². The van der Waals surface area contributed by atoms with Crippen molar-refractivity contribution in [3.63, 3.8) is 0 Å². The van der Waals surface area contributed by atoms with Gasteiger partial charge in [-0.15, -0.1) is 0 Å². The molecule has 1 saturated carbocycles. The molecular weight excluding hydrogens is 202 g/mol. The topological polar surface area (TPSA) is 38.3 Å². The zero-order valence-electron chi connectivity index (χ0n) is 10.0. The maximum Gasteiger partial charge on any atom is 0.220 e. The Labute approximate surface area is 97.9 Å². The molecule has 0 radical (unpaired) electrons. The van der Waals surface area contributed by atoms with E-state index in [-0.39, 0.29) is 5.91 Å². The van der Waals surface area contributed by atoms with Crippen molar-refractivity contribution >= 4 is 5.91 Å². The largest absolute Gasteiger partial charge is 0.378 e. The van der Waals surface area contributed by atoms with Crippen molar-refractivity contribution in [1.82, 2.24) is 5.32 Å². The monoisotopic (exact) mass is 225 g/mol. The van der Waals surface area contributed by atoms with Crippen LogP contribution >= 0.6 is 0 Å². The highest BCUT2D eigenvalue weighted by atomic mass is 16.5. The molecule has 1 aliphatic heterocycles. The van der Waals surface area contributed by atoms with Crippen LogP contribution in [0.3, 0.4) is 0 Å². The summed E-state index contributed by atoms with van der Waals surface area (Å²) in [5.74, 6) is 0.224. The van der Waals surface area contributed by atoms with Gasteiger partial charge in [-0.05, 0) is 32.1 Å². The summed E-state index contributed by atoms with van der Waals surface area (Å²) >= 11 is 0. The average Bonchev–Trinajstić information content (AvgIpc) is 2.81. The van der Waals surface area contributed by atoms with E-state index in [9.17, 15) is 4.79 Å². The third kappa shape index (κ3) is 3.78. The lowest BCUT2D eigenvalue weighted by Crippen LogP contribution is -2.36. The average molecular weight is 225 g/mol. The summed E-state index contributed by atoms with van der Waals surface area (Å²) in [4.78, 5) is 11.7. The van der Waals surface area contributed by atoms with Crippen molar-refractivity contribution in [3.05, 3.63) is 0 Å². The van der Waals surface area contributed by atoms with Crippen molar-refractivity contribution in [3.8, 4) is 0 Å². The number of hydrogen-bond donors (Lipinski definition) is 1. The van der Waals surface area contributed by atoms with E-state index in [1.807, 2.05) is 0 Å². The van der Waals surface area contributed by atoms with E-state index in [4.69, 9.17) is 4.74 Å². The summed E-state index contributed by atoms with van der Waals surface area (Å²) in [7, 11) is 0. The molecule has 3 nitrogen and oxygen atoms in total. The van der Waals surface area contributed by atoms with E-state index in [0.717, 1.165) is 25.9 Å². The van der Waals surface area contributed by atoms with Gasteiger partial charge in [0.05, 0.1) is 6.10 Å². The maximum absolute atomic E-state index is 11.7. The van der Waals surface area contributed by atoms with Gasteiger partial charge in [-0.1, -0.05) is 19.3 Å². The Morgan fingerprint density at radius 2 is 1.94 bits per heavy atom. The second kappa shape index (κ2) is 6.24. The number of hydrogen-bond acceptors (Lipinski definition) is 2. The predicted octanol–water partition coefficient (Wildman–Crippen LogP) is 2.39. The van der Waals surface area contributed by atoms with Gasteiger partial charge in [0.25, 0.3) is 0 Å². The lowest BCUT2D eigenvalue weighted by atomic mass is 9.95. The smallest absolute Gasteiger partial charge is 0.220 e. The molecule has 0 aromatic rings. The van der Waals surface area contributed by atoms with Crippen LogP contribution in [0.25, 0.3) is 0 Å². The van der Waals surface area contributed by atoms with Gasteiger partial charge < -0.3 is 10.1 Å². The molecule has 0 spiro atoms. The van der Waals surface area contributed by atoms with Crippen molar-refractivity contribution in [2.75, 3.05) is 6.61 Å². The molecule has 3 heteroatoms. The lowest BCUT2D eigenvalue weighted by Gasteiger charge is -2.23. The third-order valence-corrected chi connectivity index (χ3v) is 3.69. The molecule has 1 N–H and O–H groups in total. The first-order chi connectivity index (χ1) is 7.84. The summed E-state index contributed by atoms with van der Waals surface area (Å²) in [6, 6.07) is 0.450. The molecule has 0 bridgehead atoms. The molecule has 2 fully saturated rings. The van der Waals surface area contributed by atoms with Crippen LogP contribution in [0.1, 0.15) is 57.8 Å². The van der Waals surface area contributed by atoms with Crippen LogP contribution in [0.2, 0.25) is 0 Å². The van der Waals surface area contributed by atoms with Gasteiger partial charge in [-0.2, -0.15) is 0 Å². The minimum atomic E-state index is 0.224. The first-order valence-corrected chi connectivity index (χ1v) is 6.75. The maximum atomic E-state index is 11.7. The summed E-state index contributed by atoms with van der Waals surface area (Å²) in [5.41, 5.74) is 0. The van der Waals surface area contributed by atoms with Gasteiger partial charge in [-0.3, -0.25) is 4.79 Å². The van der Waals surface area contributed by atoms with Crippen LogP contribution in [0, 0.1) is 0 Å². The van der Waals surface area contributed by atoms with Crippen molar-refractivity contribution < 1.29 is 9.53 Å². The molecular formula is C13H23NO2. The van der Waals surface area contributed by atoms with E-state index in [1.165, 1.54) is 32.1 Å². The highest BCUT2D eigenvalue weighted by Gasteiger charge is 2.19. The van der Waals surface area contributed by atoms with Gasteiger partial charge in [-0.25, -0.2) is 0 Å². The number of nitrogens with one attached hydrogen (secondary N) is 1. The number of carbonyl (C=O) groups is 1. The molecule has 0 aromatic carbocycles. The Kier molecular flexibility index (Phi) is 4.64. The normalized spacial score (nSPS) is 26.9. The molecule has 2 aliphatic rings. The van der Waals surface area contributed by atoms with E-state index < -0.39 is 0 Å². The van der Waals surface area contributed by atoms with E-state index >= 15 is 0 Å². The van der Waals surface area contributed by atoms with Gasteiger partial charge in [0.2, 0.25) is 5.91 Å². The lowest BCUT2D eigenvalue weighted by molar-refractivity contribution is -0.122. The van der Waals surface area contributed by atoms with Crippen molar-refractivity contribution in [2.24, 2.45) is 0 Å². The number of ether oxygens (including phenoxy) is 1. The predicted molar refractivity (Wildman–Crippen MR) is 63.2 cm³/mol. The van der Waals surface area contributed by atoms with Gasteiger partial charge in [0, 0.05) is 19.1 Å². The molecule has 1 saturated heterocycles. The minimum absolute atomic E-state index is 0.224. The Balaban J connectivity index is 1.59. The van der Waals surface area contributed by atoms with E-state index in [2.05, 4.69) is 5.32 Å². The quantitative estimate of drug-likeness (QED) is 0.798. The zero-order chi connectivity index (χ0) is 11.2. The molecule has 92 valence electrons. The molecule has 16 heavy (non-hydrogen) atoms. The Morgan fingerprint density at radius 1 is 1.12 bits per heavy atom. The van der Waals surface area contributed by atoms with Crippen molar-refractivity contribution in [2.45, 2.75) is 69.9 Å². The zero-order valence-corrected chi connectivity index (χ0v) is 10.0. The van der Waals surface area contributed by atoms with Gasteiger partial charge in [0.15, 0.2) is 0 Å². The number of carbonyl (C=O) groups excluding carboxylic acids is 1. The first-order valence-electron chi connectivity index (χ1n) is 6.75. The molecule has 1 heterocycles.